The fraction of sp³-hybridized carbons (Fsp3) is 0.750. The molecule has 1 atom stereocenters. The van der Waals surface area contributed by atoms with Crippen LogP contribution < -0.4 is 0 Å². The zero-order valence-electron chi connectivity index (χ0n) is 12.6. The van der Waals surface area contributed by atoms with Gasteiger partial charge in [0.05, 0.1) is 18.3 Å². The fourth-order valence-corrected chi connectivity index (χ4v) is 4.34. The van der Waals surface area contributed by atoms with Crippen molar-refractivity contribution < 1.29 is 9.47 Å². The van der Waals surface area contributed by atoms with E-state index in [1.165, 1.54) is 9.75 Å². The highest BCUT2D eigenvalue weighted by Gasteiger charge is 2.42. The van der Waals surface area contributed by atoms with E-state index >= 15 is 0 Å². The molecule has 0 amide bonds. The standard InChI is InChI=1S/C16H25NO2S/c1-3-18-14-10-16(19-12-14)6-8-17(9-7-16)11-15-5-4-13(2)20-15/h4-5,14H,3,6-12H2,1-2H3/t14-/m1/s1. The molecule has 1 aromatic rings. The molecule has 0 N–H and O–H groups in total. The van der Waals surface area contributed by atoms with Crippen LogP contribution in [0.1, 0.15) is 35.9 Å². The zero-order valence-corrected chi connectivity index (χ0v) is 13.4. The van der Waals surface area contributed by atoms with Crippen molar-refractivity contribution in [3.8, 4) is 0 Å². The molecule has 0 radical (unpaired) electrons. The Morgan fingerprint density at radius 3 is 2.85 bits per heavy atom. The molecular formula is C16H25NO2S. The Morgan fingerprint density at radius 2 is 2.20 bits per heavy atom. The first kappa shape index (κ1) is 14.5. The SMILES string of the molecule is CCO[C@H]1COC2(CCN(Cc3ccc(C)s3)CC2)C1. The van der Waals surface area contributed by atoms with Crippen LogP contribution in [0.5, 0.6) is 0 Å². The number of likely N-dealkylation sites (tertiary alicyclic amines) is 1. The zero-order chi connectivity index (χ0) is 14.0. The number of thiophene rings is 1. The van der Waals surface area contributed by atoms with Gasteiger partial charge < -0.3 is 9.47 Å². The minimum absolute atomic E-state index is 0.113. The molecule has 2 aliphatic rings. The van der Waals surface area contributed by atoms with Crippen molar-refractivity contribution in [2.75, 3.05) is 26.3 Å². The van der Waals surface area contributed by atoms with Gasteiger partial charge in [-0.3, -0.25) is 4.90 Å². The number of nitrogens with zero attached hydrogens (tertiary/aromatic N) is 1. The summed E-state index contributed by atoms with van der Waals surface area (Å²) >= 11 is 1.92. The summed E-state index contributed by atoms with van der Waals surface area (Å²) in [5.74, 6) is 0. The lowest BCUT2D eigenvalue weighted by Crippen LogP contribution is -2.43. The average molecular weight is 295 g/mol. The Bertz CT molecular complexity index is 437. The van der Waals surface area contributed by atoms with Gasteiger partial charge in [0.2, 0.25) is 0 Å². The molecule has 4 heteroatoms. The van der Waals surface area contributed by atoms with Crippen molar-refractivity contribution in [3.63, 3.8) is 0 Å². The van der Waals surface area contributed by atoms with Crippen molar-refractivity contribution in [2.45, 2.75) is 51.4 Å². The Kier molecular flexibility index (Phi) is 4.46. The molecule has 112 valence electrons. The first-order valence-electron chi connectivity index (χ1n) is 7.72. The Balaban J connectivity index is 1.50. The van der Waals surface area contributed by atoms with Crippen molar-refractivity contribution >= 4 is 11.3 Å². The van der Waals surface area contributed by atoms with Gasteiger partial charge >= 0.3 is 0 Å². The van der Waals surface area contributed by atoms with Crippen LogP contribution in [0.4, 0.5) is 0 Å². The van der Waals surface area contributed by atoms with Gasteiger partial charge in [0.25, 0.3) is 0 Å². The molecule has 0 aromatic carbocycles. The number of piperidine rings is 1. The summed E-state index contributed by atoms with van der Waals surface area (Å²) in [5.41, 5.74) is 0.113. The molecule has 3 rings (SSSR count). The fourth-order valence-electron chi connectivity index (χ4n) is 3.40. The molecule has 1 spiro atoms. The van der Waals surface area contributed by atoms with E-state index in [9.17, 15) is 0 Å². The highest BCUT2D eigenvalue weighted by Crippen LogP contribution is 2.37. The maximum atomic E-state index is 6.10. The molecule has 3 heterocycles. The van der Waals surface area contributed by atoms with E-state index in [0.29, 0.717) is 6.10 Å². The molecule has 2 aliphatic heterocycles. The van der Waals surface area contributed by atoms with Crippen LogP contribution in [0, 0.1) is 6.92 Å². The van der Waals surface area contributed by atoms with E-state index in [2.05, 4.69) is 30.9 Å². The normalized spacial score (nSPS) is 26.4. The number of hydrogen-bond donors (Lipinski definition) is 0. The van der Waals surface area contributed by atoms with Crippen molar-refractivity contribution in [3.05, 3.63) is 21.9 Å². The predicted octanol–water partition coefficient (Wildman–Crippen LogP) is 3.22. The lowest BCUT2D eigenvalue weighted by molar-refractivity contribution is -0.0463. The molecule has 20 heavy (non-hydrogen) atoms. The largest absolute Gasteiger partial charge is 0.376 e. The van der Waals surface area contributed by atoms with Crippen LogP contribution in [0.15, 0.2) is 12.1 Å². The highest BCUT2D eigenvalue weighted by molar-refractivity contribution is 7.11. The third-order valence-electron chi connectivity index (χ3n) is 4.52. The van der Waals surface area contributed by atoms with Crippen LogP contribution >= 0.6 is 11.3 Å². The molecule has 2 fully saturated rings. The summed E-state index contributed by atoms with van der Waals surface area (Å²) in [6.07, 6.45) is 3.72. The number of hydrogen-bond acceptors (Lipinski definition) is 4. The molecule has 0 saturated carbocycles. The van der Waals surface area contributed by atoms with Gasteiger partial charge in [-0.2, -0.15) is 0 Å². The van der Waals surface area contributed by atoms with Crippen LogP contribution in [-0.2, 0) is 16.0 Å². The van der Waals surface area contributed by atoms with Crippen molar-refractivity contribution in [1.29, 1.82) is 0 Å². The summed E-state index contributed by atoms with van der Waals surface area (Å²) in [6.45, 7) is 9.23. The van der Waals surface area contributed by atoms with E-state index in [0.717, 1.165) is 52.1 Å². The molecule has 3 nitrogen and oxygen atoms in total. The smallest absolute Gasteiger partial charge is 0.0836 e. The molecular weight excluding hydrogens is 270 g/mol. The van der Waals surface area contributed by atoms with Crippen LogP contribution in [-0.4, -0.2) is 42.9 Å². The second-order valence-corrected chi connectivity index (χ2v) is 7.44. The van der Waals surface area contributed by atoms with E-state index in [1.54, 1.807) is 0 Å². The van der Waals surface area contributed by atoms with E-state index in [4.69, 9.17) is 9.47 Å². The Labute approximate surface area is 125 Å². The van der Waals surface area contributed by atoms with E-state index in [-0.39, 0.29) is 5.60 Å². The summed E-state index contributed by atoms with van der Waals surface area (Å²) < 4.78 is 11.8. The molecule has 0 unspecified atom stereocenters. The third-order valence-corrected chi connectivity index (χ3v) is 5.51. The van der Waals surface area contributed by atoms with Gasteiger partial charge in [0, 0.05) is 42.4 Å². The van der Waals surface area contributed by atoms with Gasteiger partial charge in [-0.15, -0.1) is 11.3 Å². The maximum Gasteiger partial charge on any atom is 0.0836 e. The minimum Gasteiger partial charge on any atom is -0.376 e. The minimum atomic E-state index is 0.113. The lowest BCUT2D eigenvalue weighted by Gasteiger charge is -2.38. The quantitative estimate of drug-likeness (QED) is 0.851. The topological polar surface area (TPSA) is 21.7 Å². The molecule has 2 saturated heterocycles. The molecule has 1 aromatic heterocycles. The van der Waals surface area contributed by atoms with Crippen LogP contribution in [0.25, 0.3) is 0 Å². The van der Waals surface area contributed by atoms with Gasteiger partial charge in [-0.25, -0.2) is 0 Å². The first-order valence-corrected chi connectivity index (χ1v) is 8.54. The predicted molar refractivity (Wildman–Crippen MR) is 82.3 cm³/mol. The monoisotopic (exact) mass is 295 g/mol. The van der Waals surface area contributed by atoms with E-state index < -0.39 is 0 Å². The first-order chi connectivity index (χ1) is 9.69. The lowest BCUT2D eigenvalue weighted by atomic mass is 9.88. The molecule has 0 aliphatic carbocycles. The van der Waals surface area contributed by atoms with Gasteiger partial charge in [-0.1, -0.05) is 0 Å². The highest BCUT2D eigenvalue weighted by atomic mass is 32.1. The molecule has 0 bridgehead atoms. The average Bonchev–Trinajstić information content (AvgIpc) is 3.01. The van der Waals surface area contributed by atoms with Gasteiger partial charge in [-0.05, 0) is 38.8 Å². The maximum absolute atomic E-state index is 6.10. The van der Waals surface area contributed by atoms with E-state index in [1.807, 2.05) is 11.3 Å². The summed E-state index contributed by atoms with van der Waals surface area (Å²) in [7, 11) is 0. The Hall–Kier alpha value is -0.420. The summed E-state index contributed by atoms with van der Waals surface area (Å²) in [4.78, 5) is 5.46. The van der Waals surface area contributed by atoms with Gasteiger partial charge in [0.15, 0.2) is 0 Å². The number of rotatable bonds is 4. The van der Waals surface area contributed by atoms with Crippen molar-refractivity contribution in [1.82, 2.24) is 4.90 Å². The second-order valence-electron chi connectivity index (χ2n) is 6.06. The number of ether oxygens (including phenoxy) is 2. The number of aryl methyl sites for hydroxylation is 1. The Morgan fingerprint density at radius 1 is 1.40 bits per heavy atom. The third kappa shape index (κ3) is 3.25. The van der Waals surface area contributed by atoms with Crippen LogP contribution in [0.2, 0.25) is 0 Å². The van der Waals surface area contributed by atoms with Crippen LogP contribution in [0.3, 0.4) is 0 Å². The summed E-state index contributed by atoms with van der Waals surface area (Å²) in [5, 5.41) is 0. The second kappa shape index (κ2) is 6.14. The van der Waals surface area contributed by atoms with Crippen molar-refractivity contribution in [2.24, 2.45) is 0 Å². The summed E-state index contributed by atoms with van der Waals surface area (Å²) in [6, 6.07) is 4.49. The van der Waals surface area contributed by atoms with Gasteiger partial charge in [0.1, 0.15) is 0 Å².